The zero-order valence-corrected chi connectivity index (χ0v) is 21.1. The molecule has 0 fully saturated rings. The van der Waals surface area contributed by atoms with Crippen LogP contribution < -0.4 is 15.4 Å². The van der Waals surface area contributed by atoms with Gasteiger partial charge in [0.05, 0.1) is 18.2 Å². The average Bonchev–Trinajstić information content (AvgIpc) is 2.89. The molecule has 0 saturated carbocycles. The second kappa shape index (κ2) is 10.4. The summed E-state index contributed by atoms with van der Waals surface area (Å²) in [6.45, 7) is 7.26. The quantitative estimate of drug-likeness (QED) is 0.371. The van der Waals surface area contributed by atoms with Gasteiger partial charge in [-0.05, 0) is 61.2 Å². The SMILES string of the molecule is COc1ccc(Nc2cc(C)nc3ccccc23)c(C)c1C(=O)NCCN1CCc2ccccc2C1. The van der Waals surface area contributed by atoms with Gasteiger partial charge in [0.2, 0.25) is 0 Å². The fourth-order valence-electron chi connectivity index (χ4n) is 4.99. The van der Waals surface area contributed by atoms with E-state index in [1.165, 1.54) is 11.1 Å². The maximum atomic E-state index is 13.3. The molecular formula is C30H32N4O2. The van der Waals surface area contributed by atoms with Gasteiger partial charge in [-0.2, -0.15) is 0 Å². The summed E-state index contributed by atoms with van der Waals surface area (Å²) in [5.74, 6) is 0.444. The van der Waals surface area contributed by atoms with Gasteiger partial charge in [0.1, 0.15) is 5.75 Å². The van der Waals surface area contributed by atoms with E-state index in [1.54, 1.807) is 7.11 Å². The van der Waals surface area contributed by atoms with Crippen molar-refractivity contribution in [2.45, 2.75) is 26.8 Å². The van der Waals surface area contributed by atoms with E-state index < -0.39 is 0 Å². The molecule has 4 aromatic rings. The van der Waals surface area contributed by atoms with E-state index in [4.69, 9.17) is 4.74 Å². The summed E-state index contributed by atoms with van der Waals surface area (Å²) in [6.07, 6.45) is 1.05. The first-order valence-electron chi connectivity index (χ1n) is 12.4. The Morgan fingerprint density at radius 3 is 2.61 bits per heavy atom. The first kappa shape index (κ1) is 23.8. The lowest BCUT2D eigenvalue weighted by atomic mass is 10.00. The topological polar surface area (TPSA) is 66.5 Å². The zero-order chi connectivity index (χ0) is 25.1. The Morgan fingerprint density at radius 2 is 1.78 bits per heavy atom. The molecule has 0 saturated heterocycles. The highest BCUT2D eigenvalue weighted by molar-refractivity contribution is 6.01. The Kier molecular flexibility index (Phi) is 6.87. The lowest BCUT2D eigenvalue weighted by Gasteiger charge is -2.28. The van der Waals surface area contributed by atoms with Crippen LogP contribution in [0.1, 0.15) is 32.7 Å². The minimum absolute atomic E-state index is 0.124. The first-order valence-corrected chi connectivity index (χ1v) is 12.4. The second-order valence-corrected chi connectivity index (χ2v) is 9.32. The van der Waals surface area contributed by atoms with Crippen LogP contribution in [0.3, 0.4) is 0 Å². The van der Waals surface area contributed by atoms with Crippen molar-refractivity contribution in [3.8, 4) is 5.75 Å². The Morgan fingerprint density at radius 1 is 1.00 bits per heavy atom. The summed E-state index contributed by atoms with van der Waals surface area (Å²) >= 11 is 0. The number of nitrogens with zero attached hydrogens (tertiary/aromatic N) is 2. The first-order chi connectivity index (χ1) is 17.5. The van der Waals surface area contributed by atoms with E-state index in [0.29, 0.717) is 17.9 Å². The van der Waals surface area contributed by atoms with Crippen LogP contribution in [0.25, 0.3) is 10.9 Å². The van der Waals surface area contributed by atoms with Crippen LogP contribution in [0.15, 0.2) is 66.7 Å². The van der Waals surface area contributed by atoms with E-state index in [0.717, 1.165) is 59.6 Å². The van der Waals surface area contributed by atoms with Crippen molar-refractivity contribution in [2.75, 3.05) is 32.1 Å². The Balaban J connectivity index is 1.31. The molecule has 0 atom stereocenters. The number of aromatic nitrogens is 1. The van der Waals surface area contributed by atoms with Crippen molar-refractivity contribution < 1.29 is 9.53 Å². The van der Waals surface area contributed by atoms with Gasteiger partial charge in [0, 0.05) is 48.6 Å². The van der Waals surface area contributed by atoms with Gasteiger partial charge in [-0.25, -0.2) is 0 Å². The Bertz CT molecular complexity index is 1420. The number of amides is 1. The van der Waals surface area contributed by atoms with Gasteiger partial charge < -0.3 is 15.4 Å². The monoisotopic (exact) mass is 480 g/mol. The normalized spacial score (nSPS) is 13.3. The molecule has 0 spiro atoms. The van der Waals surface area contributed by atoms with Crippen molar-refractivity contribution in [3.63, 3.8) is 0 Å². The number of carbonyl (C=O) groups excluding carboxylic acids is 1. The summed E-state index contributed by atoms with van der Waals surface area (Å²) < 4.78 is 5.57. The fraction of sp³-hybridized carbons (Fsp3) is 0.267. The lowest BCUT2D eigenvalue weighted by molar-refractivity contribution is 0.0943. The van der Waals surface area contributed by atoms with Crippen LogP contribution in [-0.4, -0.2) is 42.5 Å². The molecule has 0 unspecified atom stereocenters. The third-order valence-electron chi connectivity index (χ3n) is 6.91. The van der Waals surface area contributed by atoms with Gasteiger partial charge >= 0.3 is 0 Å². The predicted octanol–water partition coefficient (Wildman–Crippen LogP) is 5.39. The molecule has 2 N–H and O–H groups in total. The Labute approximate surface area is 212 Å². The molecular weight excluding hydrogens is 448 g/mol. The number of carbonyl (C=O) groups is 1. The summed E-state index contributed by atoms with van der Waals surface area (Å²) in [7, 11) is 1.60. The van der Waals surface area contributed by atoms with E-state index in [-0.39, 0.29) is 5.91 Å². The lowest BCUT2D eigenvalue weighted by Crippen LogP contribution is -2.38. The van der Waals surface area contributed by atoms with Crippen molar-refractivity contribution >= 4 is 28.2 Å². The zero-order valence-electron chi connectivity index (χ0n) is 21.1. The molecule has 1 amide bonds. The second-order valence-electron chi connectivity index (χ2n) is 9.32. The Hall–Kier alpha value is -3.90. The minimum Gasteiger partial charge on any atom is -0.496 e. The minimum atomic E-state index is -0.124. The number of anilines is 2. The number of fused-ring (bicyclic) bond motifs is 2. The number of hydrogen-bond donors (Lipinski definition) is 2. The highest BCUT2D eigenvalue weighted by Gasteiger charge is 2.20. The largest absolute Gasteiger partial charge is 0.496 e. The summed E-state index contributed by atoms with van der Waals surface area (Å²) in [5, 5.41) is 7.69. The molecule has 36 heavy (non-hydrogen) atoms. The van der Waals surface area contributed by atoms with Crippen LogP contribution >= 0.6 is 0 Å². The van der Waals surface area contributed by atoms with E-state index in [1.807, 2.05) is 50.2 Å². The fourth-order valence-corrected chi connectivity index (χ4v) is 4.99. The van der Waals surface area contributed by atoms with Crippen LogP contribution in [0.5, 0.6) is 5.75 Å². The molecule has 6 heteroatoms. The van der Waals surface area contributed by atoms with Crippen LogP contribution in [-0.2, 0) is 13.0 Å². The molecule has 1 aromatic heterocycles. The average molecular weight is 481 g/mol. The summed E-state index contributed by atoms with van der Waals surface area (Å²) in [5.41, 5.74) is 7.90. The van der Waals surface area contributed by atoms with Crippen LogP contribution in [0, 0.1) is 13.8 Å². The van der Waals surface area contributed by atoms with Crippen molar-refractivity contribution in [2.24, 2.45) is 0 Å². The van der Waals surface area contributed by atoms with Crippen LogP contribution in [0.2, 0.25) is 0 Å². The number of benzene rings is 3. The number of aryl methyl sites for hydroxylation is 1. The molecule has 1 aliphatic rings. The number of para-hydroxylation sites is 1. The predicted molar refractivity (Wildman–Crippen MR) is 145 cm³/mol. The van der Waals surface area contributed by atoms with Crippen LogP contribution in [0.4, 0.5) is 11.4 Å². The van der Waals surface area contributed by atoms with Gasteiger partial charge in [0.15, 0.2) is 0 Å². The molecule has 2 heterocycles. The summed E-state index contributed by atoms with van der Waals surface area (Å²) in [4.78, 5) is 20.3. The molecule has 0 aliphatic carbocycles. The number of ether oxygens (including phenoxy) is 1. The van der Waals surface area contributed by atoms with Gasteiger partial charge in [-0.15, -0.1) is 0 Å². The molecule has 0 radical (unpaired) electrons. The number of hydrogen-bond acceptors (Lipinski definition) is 5. The van der Waals surface area contributed by atoms with Gasteiger partial charge in [0.25, 0.3) is 5.91 Å². The summed E-state index contributed by atoms with van der Waals surface area (Å²) in [6, 6.07) is 22.5. The van der Waals surface area contributed by atoms with Crippen molar-refractivity contribution in [1.82, 2.24) is 15.2 Å². The highest BCUT2D eigenvalue weighted by Crippen LogP contribution is 2.33. The third kappa shape index (κ3) is 4.90. The third-order valence-corrected chi connectivity index (χ3v) is 6.91. The molecule has 6 nitrogen and oxygen atoms in total. The van der Waals surface area contributed by atoms with E-state index in [2.05, 4.69) is 50.8 Å². The van der Waals surface area contributed by atoms with Crippen molar-refractivity contribution in [3.05, 3.63) is 94.7 Å². The highest BCUT2D eigenvalue weighted by atomic mass is 16.5. The maximum Gasteiger partial charge on any atom is 0.255 e. The molecule has 5 rings (SSSR count). The number of rotatable bonds is 7. The molecule has 3 aromatic carbocycles. The molecule has 1 aliphatic heterocycles. The van der Waals surface area contributed by atoms with Gasteiger partial charge in [-0.1, -0.05) is 42.5 Å². The standard InChI is InChI=1S/C30H32N4O2/c1-20-18-27(24-10-6-7-11-26(24)32-20)33-25-12-13-28(36-3)29(21(25)2)30(35)31-15-17-34-16-14-22-8-4-5-9-23(22)19-34/h4-13,18H,14-17,19H2,1-3H3,(H,31,35)(H,32,33). The molecule has 184 valence electrons. The maximum absolute atomic E-state index is 13.3. The van der Waals surface area contributed by atoms with E-state index in [9.17, 15) is 4.79 Å². The van der Waals surface area contributed by atoms with Crippen molar-refractivity contribution in [1.29, 1.82) is 0 Å². The number of nitrogens with one attached hydrogen (secondary N) is 2. The van der Waals surface area contributed by atoms with E-state index >= 15 is 0 Å². The van der Waals surface area contributed by atoms with Gasteiger partial charge in [-0.3, -0.25) is 14.7 Å². The number of pyridine rings is 1. The number of methoxy groups -OCH3 is 1. The molecule has 0 bridgehead atoms. The smallest absolute Gasteiger partial charge is 0.255 e.